The molecule has 1 heterocycles. The van der Waals surface area contributed by atoms with E-state index < -0.39 is 17.7 Å². The number of hydrogen-bond acceptors (Lipinski definition) is 3. The Kier molecular flexibility index (Phi) is 4.63. The van der Waals surface area contributed by atoms with Gasteiger partial charge in [0.2, 0.25) is 0 Å². The monoisotopic (exact) mass is 278 g/mol. The van der Waals surface area contributed by atoms with Gasteiger partial charge < -0.3 is 10.1 Å². The molecular weight excluding hydrogens is 262 g/mol. The molecule has 20 heavy (non-hydrogen) atoms. The van der Waals surface area contributed by atoms with E-state index in [2.05, 4.69) is 10.3 Å². The van der Waals surface area contributed by atoms with E-state index in [0.717, 1.165) is 0 Å². The number of pyridine rings is 1. The molecule has 0 aliphatic heterocycles. The normalized spacial score (nSPS) is 12.2. The first-order valence-corrected chi connectivity index (χ1v) is 6.34. The molecule has 0 saturated heterocycles. The fraction of sp³-hybridized carbons (Fsp3) is 0.267. The van der Waals surface area contributed by atoms with Gasteiger partial charge in [0.1, 0.15) is 5.82 Å². The minimum atomic E-state index is -0.499. The summed E-state index contributed by atoms with van der Waals surface area (Å²) in [6.45, 7) is 2.50. The third-order valence-electron chi connectivity index (χ3n) is 2.98. The number of rotatable bonds is 5. The summed E-state index contributed by atoms with van der Waals surface area (Å²) in [4.78, 5) is 4.05. The van der Waals surface area contributed by atoms with Crippen LogP contribution in [-0.2, 0) is 0 Å². The quantitative estimate of drug-likeness (QED) is 0.912. The molecule has 5 heteroatoms. The van der Waals surface area contributed by atoms with Gasteiger partial charge in [0.05, 0.1) is 18.8 Å². The van der Waals surface area contributed by atoms with E-state index in [1.807, 2.05) is 6.92 Å². The van der Waals surface area contributed by atoms with E-state index in [4.69, 9.17) is 4.74 Å². The molecule has 1 N–H and O–H groups in total. The predicted molar refractivity (Wildman–Crippen MR) is 72.7 cm³/mol. The van der Waals surface area contributed by atoms with Crippen molar-refractivity contribution in [3.05, 3.63) is 59.4 Å². The van der Waals surface area contributed by atoms with Crippen molar-refractivity contribution in [1.29, 1.82) is 0 Å². The van der Waals surface area contributed by atoms with Crippen molar-refractivity contribution in [3.8, 4) is 5.75 Å². The third-order valence-corrected chi connectivity index (χ3v) is 2.98. The van der Waals surface area contributed by atoms with Crippen molar-refractivity contribution in [2.45, 2.75) is 13.0 Å². The maximum atomic E-state index is 13.9. The maximum absolute atomic E-state index is 13.9. The van der Waals surface area contributed by atoms with Gasteiger partial charge in [-0.2, -0.15) is 0 Å². The molecule has 1 unspecified atom stereocenters. The first kappa shape index (κ1) is 14.4. The zero-order valence-electron chi connectivity index (χ0n) is 11.4. The summed E-state index contributed by atoms with van der Waals surface area (Å²) in [5.41, 5.74) is 0.849. The SMILES string of the molecule is CCNC(c1ccc(OC)c(F)c1)c1ncccc1F. The number of aromatic nitrogens is 1. The van der Waals surface area contributed by atoms with Crippen LogP contribution in [0.1, 0.15) is 24.2 Å². The summed E-state index contributed by atoms with van der Waals surface area (Å²) in [5.74, 6) is -0.746. The highest BCUT2D eigenvalue weighted by atomic mass is 19.1. The molecule has 1 atom stereocenters. The Bertz CT molecular complexity index is 590. The van der Waals surface area contributed by atoms with E-state index in [1.54, 1.807) is 6.07 Å². The molecule has 0 saturated carbocycles. The number of hydrogen-bond donors (Lipinski definition) is 1. The van der Waals surface area contributed by atoms with Crippen molar-refractivity contribution in [2.24, 2.45) is 0 Å². The first-order chi connectivity index (χ1) is 9.67. The highest BCUT2D eigenvalue weighted by molar-refractivity contribution is 5.35. The van der Waals surface area contributed by atoms with Crippen LogP contribution >= 0.6 is 0 Å². The number of nitrogens with one attached hydrogen (secondary N) is 1. The van der Waals surface area contributed by atoms with E-state index in [-0.39, 0.29) is 11.4 Å². The lowest BCUT2D eigenvalue weighted by Crippen LogP contribution is -2.24. The molecule has 0 aliphatic rings. The molecule has 0 radical (unpaired) electrons. The van der Waals surface area contributed by atoms with Crippen molar-refractivity contribution in [1.82, 2.24) is 10.3 Å². The molecule has 3 nitrogen and oxygen atoms in total. The summed E-state index contributed by atoms with van der Waals surface area (Å²) >= 11 is 0. The van der Waals surface area contributed by atoms with E-state index >= 15 is 0 Å². The fourth-order valence-electron chi connectivity index (χ4n) is 2.05. The Morgan fingerprint density at radius 3 is 2.65 bits per heavy atom. The van der Waals surface area contributed by atoms with Crippen molar-refractivity contribution >= 4 is 0 Å². The van der Waals surface area contributed by atoms with Gasteiger partial charge in [-0.3, -0.25) is 4.98 Å². The Labute approximate surface area is 116 Å². The second-order valence-electron chi connectivity index (χ2n) is 4.26. The lowest BCUT2D eigenvalue weighted by atomic mass is 10.0. The summed E-state index contributed by atoms with van der Waals surface area (Å²) in [6.07, 6.45) is 1.52. The Hall–Kier alpha value is -2.01. The molecule has 0 fully saturated rings. The summed E-state index contributed by atoms with van der Waals surface area (Å²) in [5, 5.41) is 3.11. The molecule has 1 aromatic heterocycles. The van der Waals surface area contributed by atoms with Gasteiger partial charge in [-0.25, -0.2) is 8.78 Å². The largest absolute Gasteiger partial charge is 0.494 e. The number of nitrogens with zero attached hydrogens (tertiary/aromatic N) is 1. The van der Waals surface area contributed by atoms with E-state index in [1.165, 1.54) is 37.6 Å². The van der Waals surface area contributed by atoms with Gasteiger partial charge in [-0.05, 0) is 36.4 Å². The second-order valence-corrected chi connectivity index (χ2v) is 4.26. The van der Waals surface area contributed by atoms with E-state index in [9.17, 15) is 8.78 Å². The molecule has 0 spiro atoms. The van der Waals surface area contributed by atoms with Crippen LogP contribution in [0.4, 0.5) is 8.78 Å². The first-order valence-electron chi connectivity index (χ1n) is 6.34. The molecule has 0 amide bonds. The molecule has 2 rings (SSSR count). The molecule has 106 valence electrons. The minimum Gasteiger partial charge on any atom is -0.494 e. The Morgan fingerprint density at radius 2 is 2.05 bits per heavy atom. The summed E-state index contributed by atoms with van der Waals surface area (Å²) in [6, 6.07) is 6.92. The summed E-state index contributed by atoms with van der Waals surface area (Å²) < 4.78 is 32.6. The lowest BCUT2D eigenvalue weighted by molar-refractivity contribution is 0.385. The topological polar surface area (TPSA) is 34.1 Å². The van der Waals surface area contributed by atoms with E-state index in [0.29, 0.717) is 12.1 Å². The van der Waals surface area contributed by atoms with Gasteiger partial charge >= 0.3 is 0 Å². The Morgan fingerprint density at radius 1 is 1.25 bits per heavy atom. The second kappa shape index (κ2) is 6.43. The van der Waals surface area contributed by atoms with Crippen LogP contribution in [0.5, 0.6) is 5.75 Å². The maximum Gasteiger partial charge on any atom is 0.165 e. The van der Waals surface area contributed by atoms with Crippen molar-refractivity contribution in [2.75, 3.05) is 13.7 Å². The number of ether oxygens (including phenoxy) is 1. The molecule has 1 aromatic carbocycles. The summed E-state index contributed by atoms with van der Waals surface area (Å²) in [7, 11) is 1.40. The molecule has 2 aromatic rings. The number of benzene rings is 1. The van der Waals surface area contributed by atoms with Crippen molar-refractivity contribution < 1.29 is 13.5 Å². The number of halogens is 2. The highest BCUT2D eigenvalue weighted by Crippen LogP contribution is 2.26. The zero-order chi connectivity index (χ0) is 14.5. The van der Waals surface area contributed by atoms with Crippen LogP contribution < -0.4 is 10.1 Å². The van der Waals surface area contributed by atoms with Gasteiger partial charge in [0.25, 0.3) is 0 Å². The minimum absolute atomic E-state index is 0.158. The van der Waals surface area contributed by atoms with Crippen LogP contribution in [0.3, 0.4) is 0 Å². The van der Waals surface area contributed by atoms with Gasteiger partial charge in [0.15, 0.2) is 11.6 Å². The average molecular weight is 278 g/mol. The average Bonchev–Trinajstić information content (AvgIpc) is 2.46. The highest BCUT2D eigenvalue weighted by Gasteiger charge is 2.19. The lowest BCUT2D eigenvalue weighted by Gasteiger charge is -2.19. The van der Waals surface area contributed by atoms with Crippen LogP contribution in [0.15, 0.2) is 36.5 Å². The molecular formula is C15H16F2N2O. The molecule has 0 bridgehead atoms. The predicted octanol–water partition coefficient (Wildman–Crippen LogP) is 3.07. The smallest absolute Gasteiger partial charge is 0.165 e. The van der Waals surface area contributed by atoms with Crippen molar-refractivity contribution in [3.63, 3.8) is 0 Å². The third kappa shape index (κ3) is 2.93. The van der Waals surface area contributed by atoms with Gasteiger partial charge in [0, 0.05) is 6.20 Å². The Balaban J connectivity index is 2.43. The van der Waals surface area contributed by atoms with Crippen LogP contribution in [0, 0.1) is 11.6 Å². The fourth-order valence-corrected chi connectivity index (χ4v) is 2.05. The molecule has 0 aliphatic carbocycles. The van der Waals surface area contributed by atoms with Gasteiger partial charge in [-0.1, -0.05) is 13.0 Å². The zero-order valence-corrected chi connectivity index (χ0v) is 11.4. The number of methoxy groups -OCH3 is 1. The van der Waals surface area contributed by atoms with Gasteiger partial charge in [-0.15, -0.1) is 0 Å². The standard InChI is InChI=1S/C15H16F2N2O/c1-3-18-14(15-11(16)5-4-8-19-15)10-6-7-13(20-2)12(17)9-10/h4-9,14,18H,3H2,1-2H3. The van der Waals surface area contributed by atoms with Crippen LogP contribution in [0.25, 0.3) is 0 Å². The van der Waals surface area contributed by atoms with Crippen LogP contribution in [-0.4, -0.2) is 18.6 Å². The van der Waals surface area contributed by atoms with Crippen LogP contribution in [0.2, 0.25) is 0 Å².